The van der Waals surface area contributed by atoms with E-state index in [2.05, 4.69) is 19.8 Å². The molecule has 4 heterocycles. The first kappa shape index (κ1) is 20.9. The van der Waals surface area contributed by atoms with Crippen molar-refractivity contribution in [1.29, 1.82) is 0 Å². The normalized spacial score (nSPS) is 17.0. The predicted molar refractivity (Wildman–Crippen MR) is 123 cm³/mol. The van der Waals surface area contributed by atoms with Gasteiger partial charge in [0.2, 0.25) is 0 Å². The van der Waals surface area contributed by atoms with Gasteiger partial charge in [-0.25, -0.2) is 9.97 Å². The standard InChI is InChI=1S/C21H21Cl2N5O2S/c22-14-3-1-13(2-4-14)19-24-16-5-6-27(11-15(16)20(29)26-19)12-17-18(23)25-21(31-17)28-7-9-30-10-8-28/h1-4H,5-12H2,(H,24,26,29). The van der Waals surface area contributed by atoms with Gasteiger partial charge in [0, 0.05) is 49.7 Å². The number of nitrogens with one attached hydrogen (secondary N) is 1. The van der Waals surface area contributed by atoms with Crippen LogP contribution in [0.4, 0.5) is 5.13 Å². The zero-order valence-corrected chi connectivity index (χ0v) is 19.1. The number of halogens is 2. The van der Waals surface area contributed by atoms with Crippen molar-refractivity contribution >= 4 is 39.7 Å². The highest BCUT2D eigenvalue weighted by Crippen LogP contribution is 2.32. The molecule has 7 nitrogen and oxygen atoms in total. The van der Waals surface area contributed by atoms with Crippen LogP contribution in [-0.2, 0) is 24.2 Å². The number of H-pyrrole nitrogens is 1. The van der Waals surface area contributed by atoms with Gasteiger partial charge in [-0.1, -0.05) is 34.5 Å². The fourth-order valence-corrected chi connectivity index (χ4v) is 5.35. The molecule has 0 saturated carbocycles. The van der Waals surface area contributed by atoms with E-state index in [1.165, 1.54) is 0 Å². The molecule has 0 amide bonds. The third-order valence-electron chi connectivity index (χ3n) is 5.55. The Labute approximate surface area is 193 Å². The fourth-order valence-electron chi connectivity index (χ4n) is 3.87. The molecule has 3 aromatic rings. The highest BCUT2D eigenvalue weighted by atomic mass is 35.5. The number of hydrogen-bond acceptors (Lipinski definition) is 7. The Balaban J connectivity index is 1.32. The highest BCUT2D eigenvalue weighted by Gasteiger charge is 2.24. The third-order valence-corrected chi connectivity index (χ3v) is 7.33. The first-order valence-corrected chi connectivity index (χ1v) is 11.7. The third kappa shape index (κ3) is 4.49. The molecular formula is C21H21Cl2N5O2S. The molecule has 1 N–H and O–H groups in total. The summed E-state index contributed by atoms with van der Waals surface area (Å²) in [5.41, 5.74) is 2.33. The number of thiazole rings is 1. The van der Waals surface area contributed by atoms with Crippen LogP contribution in [0, 0.1) is 0 Å². The Hall–Kier alpha value is -1.97. The Morgan fingerprint density at radius 2 is 1.87 bits per heavy atom. The number of aromatic nitrogens is 3. The summed E-state index contributed by atoms with van der Waals surface area (Å²) in [6, 6.07) is 7.31. The molecule has 162 valence electrons. The van der Waals surface area contributed by atoms with E-state index in [4.69, 9.17) is 32.9 Å². The predicted octanol–water partition coefficient (Wildman–Crippen LogP) is 3.60. The molecule has 2 aliphatic rings. The van der Waals surface area contributed by atoms with Gasteiger partial charge in [0.25, 0.3) is 5.56 Å². The lowest BCUT2D eigenvalue weighted by Crippen LogP contribution is -2.36. The summed E-state index contributed by atoms with van der Waals surface area (Å²) < 4.78 is 5.42. The Morgan fingerprint density at radius 3 is 2.65 bits per heavy atom. The van der Waals surface area contributed by atoms with Crippen molar-refractivity contribution in [3.05, 3.63) is 60.9 Å². The van der Waals surface area contributed by atoms with E-state index in [9.17, 15) is 4.79 Å². The summed E-state index contributed by atoms with van der Waals surface area (Å²) in [7, 11) is 0. The molecule has 1 saturated heterocycles. The molecule has 31 heavy (non-hydrogen) atoms. The lowest BCUT2D eigenvalue weighted by molar-refractivity contribution is 0.122. The molecule has 0 unspecified atom stereocenters. The Kier molecular flexibility index (Phi) is 5.99. The second kappa shape index (κ2) is 8.88. The average Bonchev–Trinajstić information content (AvgIpc) is 3.15. The maximum Gasteiger partial charge on any atom is 0.255 e. The quantitative estimate of drug-likeness (QED) is 0.618. The number of fused-ring (bicyclic) bond motifs is 1. The van der Waals surface area contributed by atoms with E-state index in [1.807, 2.05) is 12.1 Å². The summed E-state index contributed by atoms with van der Waals surface area (Å²) in [4.78, 5) is 30.4. The van der Waals surface area contributed by atoms with Crippen LogP contribution in [0.3, 0.4) is 0 Å². The number of benzene rings is 1. The molecule has 10 heteroatoms. The van der Waals surface area contributed by atoms with Gasteiger partial charge in [-0.15, -0.1) is 0 Å². The minimum atomic E-state index is -0.0935. The van der Waals surface area contributed by atoms with E-state index in [0.717, 1.165) is 46.5 Å². The van der Waals surface area contributed by atoms with E-state index < -0.39 is 0 Å². The van der Waals surface area contributed by atoms with Crippen LogP contribution in [0.2, 0.25) is 10.2 Å². The number of hydrogen-bond donors (Lipinski definition) is 1. The van der Waals surface area contributed by atoms with E-state index in [0.29, 0.717) is 48.7 Å². The molecule has 0 spiro atoms. The summed E-state index contributed by atoms with van der Waals surface area (Å²) in [5.74, 6) is 0.578. The first-order valence-electron chi connectivity index (χ1n) is 10.1. The summed E-state index contributed by atoms with van der Waals surface area (Å²) >= 11 is 14.0. The van der Waals surface area contributed by atoms with Crippen molar-refractivity contribution in [3.8, 4) is 11.4 Å². The second-order valence-electron chi connectivity index (χ2n) is 7.62. The maximum absolute atomic E-state index is 12.8. The molecule has 0 radical (unpaired) electrons. The van der Waals surface area contributed by atoms with Crippen molar-refractivity contribution in [3.63, 3.8) is 0 Å². The molecule has 1 fully saturated rings. The van der Waals surface area contributed by atoms with Gasteiger partial charge >= 0.3 is 0 Å². The number of nitrogens with zero attached hydrogens (tertiary/aromatic N) is 4. The minimum absolute atomic E-state index is 0.0935. The van der Waals surface area contributed by atoms with Crippen LogP contribution in [0.5, 0.6) is 0 Å². The summed E-state index contributed by atoms with van der Waals surface area (Å²) in [6.45, 7) is 5.10. The average molecular weight is 478 g/mol. The smallest absolute Gasteiger partial charge is 0.255 e. The number of rotatable bonds is 4. The van der Waals surface area contributed by atoms with Gasteiger partial charge in [0.1, 0.15) is 11.0 Å². The van der Waals surface area contributed by atoms with E-state index in [1.54, 1.807) is 23.5 Å². The van der Waals surface area contributed by atoms with Crippen molar-refractivity contribution in [2.24, 2.45) is 0 Å². The molecule has 0 bridgehead atoms. The number of morpholine rings is 1. The van der Waals surface area contributed by atoms with Gasteiger partial charge in [0.15, 0.2) is 5.13 Å². The van der Waals surface area contributed by atoms with Crippen LogP contribution in [-0.4, -0.2) is 52.7 Å². The highest BCUT2D eigenvalue weighted by molar-refractivity contribution is 7.16. The Bertz CT molecular complexity index is 1140. The van der Waals surface area contributed by atoms with Crippen molar-refractivity contribution < 1.29 is 4.74 Å². The zero-order chi connectivity index (χ0) is 21.4. The van der Waals surface area contributed by atoms with Gasteiger partial charge in [-0.2, -0.15) is 0 Å². The molecule has 0 atom stereocenters. The van der Waals surface area contributed by atoms with Crippen molar-refractivity contribution in [2.45, 2.75) is 19.5 Å². The van der Waals surface area contributed by atoms with E-state index >= 15 is 0 Å². The minimum Gasteiger partial charge on any atom is -0.378 e. The molecule has 1 aromatic carbocycles. The Morgan fingerprint density at radius 1 is 1.10 bits per heavy atom. The van der Waals surface area contributed by atoms with Crippen molar-refractivity contribution in [1.82, 2.24) is 19.9 Å². The van der Waals surface area contributed by atoms with Crippen LogP contribution < -0.4 is 10.5 Å². The van der Waals surface area contributed by atoms with Gasteiger partial charge in [0.05, 0.1) is 29.3 Å². The molecule has 2 aliphatic heterocycles. The fraction of sp³-hybridized carbons (Fsp3) is 0.381. The second-order valence-corrected chi connectivity index (χ2v) is 9.47. The van der Waals surface area contributed by atoms with Gasteiger partial charge < -0.3 is 14.6 Å². The lowest BCUT2D eigenvalue weighted by atomic mass is 10.1. The SMILES string of the molecule is O=c1[nH]c(-c2ccc(Cl)cc2)nc2c1CN(Cc1sc(N3CCOCC3)nc1Cl)CC2. The van der Waals surface area contributed by atoms with E-state index in [-0.39, 0.29) is 5.56 Å². The maximum atomic E-state index is 12.8. The molecule has 2 aromatic heterocycles. The topological polar surface area (TPSA) is 74.4 Å². The summed E-state index contributed by atoms with van der Waals surface area (Å²) in [6.07, 6.45) is 0.715. The number of anilines is 1. The van der Waals surface area contributed by atoms with Gasteiger partial charge in [-0.3, -0.25) is 9.69 Å². The number of ether oxygens (including phenoxy) is 1. The number of aromatic amines is 1. The zero-order valence-electron chi connectivity index (χ0n) is 16.7. The molecule has 0 aliphatic carbocycles. The van der Waals surface area contributed by atoms with Crippen molar-refractivity contribution in [2.75, 3.05) is 37.7 Å². The molecular weight excluding hydrogens is 457 g/mol. The van der Waals surface area contributed by atoms with Crippen LogP contribution in [0.25, 0.3) is 11.4 Å². The monoisotopic (exact) mass is 477 g/mol. The lowest BCUT2D eigenvalue weighted by Gasteiger charge is -2.27. The summed E-state index contributed by atoms with van der Waals surface area (Å²) in [5, 5.41) is 2.13. The van der Waals surface area contributed by atoms with Crippen LogP contribution in [0.1, 0.15) is 16.1 Å². The van der Waals surface area contributed by atoms with Gasteiger partial charge in [-0.05, 0) is 24.3 Å². The van der Waals surface area contributed by atoms with Crippen LogP contribution >= 0.6 is 34.5 Å². The molecule has 5 rings (SSSR count). The van der Waals surface area contributed by atoms with Crippen LogP contribution in [0.15, 0.2) is 29.1 Å². The first-order chi connectivity index (χ1) is 15.1. The largest absolute Gasteiger partial charge is 0.378 e.